The molecule has 0 fully saturated rings. The van der Waals surface area contributed by atoms with Gasteiger partial charge >= 0.3 is 6.18 Å². The van der Waals surface area contributed by atoms with Gasteiger partial charge < -0.3 is 15.2 Å². The number of anilines is 3. The first-order chi connectivity index (χ1) is 22.9. The molecule has 0 atom stereocenters. The second kappa shape index (κ2) is 10.4. The van der Waals surface area contributed by atoms with E-state index in [1.165, 1.54) is 26.2 Å². The smallest absolute Gasteiger partial charge is 0.324 e. The number of carbonyl (C=O) groups is 1. The zero-order valence-electron chi connectivity index (χ0n) is 30.1. The van der Waals surface area contributed by atoms with E-state index < -0.39 is 89.5 Å². The average Bonchev–Trinajstić information content (AvgIpc) is 3.28. The van der Waals surface area contributed by atoms with Crippen molar-refractivity contribution in [3.63, 3.8) is 0 Å². The highest BCUT2D eigenvalue weighted by Gasteiger charge is 2.31. The molecule has 0 saturated heterocycles. The Hall–Kier alpha value is -5.06. The summed E-state index contributed by atoms with van der Waals surface area (Å²) in [5, 5.41) is 4.59. The number of halogens is 3. The highest BCUT2D eigenvalue weighted by Crippen LogP contribution is 2.33. The van der Waals surface area contributed by atoms with Crippen LogP contribution in [0, 0.1) is 13.8 Å². The molecule has 0 aliphatic heterocycles. The maximum absolute atomic E-state index is 14.2. The highest BCUT2D eigenvalue weighted by molar-refractivity contribution is 6.05. The second-order valence-corrected chi connectivity index (χ2v) is 7.92. The summed E-state index contributed by atoms with van der Waals surface area (Å²) < 4.78 is 126. The minimum absolute atomic E-state index is 0.0132. The Kier molecular flexibility index (Phi) is 4.26. The molecule has 0 aliphatic rings. The summed E-state index contributed by atoms with van der Waals surface area (Å²) in [5.74, 6) is -1.80. The van der Waals surface area contributed by atoms with Gasteiger partial charge in [0.05, 0.1) is 35.6 Å². The van der Waals surface area contributed by atoms with Gasteiger partial charge in [-0.3, -0.25) is 9.78 Å². The number of pyridine rings is 1. The molecule has 11 heteroatoms. The molecule has 0 radical (unpaired) electrons. The minimum Gasteiger partial charge on any atom is -0.324 e. The molecule has 0 saturated carbocycles. The first-order valence-electron chi connectivity index (χ1n) is 16.0. The van der Waals surface area contributed by atoms with E-state index in [4.69, 9.17) is 13.7 Å². The molecular formula is C28H22F3N7O. The third-order valence-electron chi connectivity index (χ3n) is 5.03. The van der Waals surface area contributed by atoms with Gasteiger partial charge in [0.25, 0.3) is 5.91 Å². The summed E-state index contributed by atoms with van der Waals surface area (Å²) in [7, 11) is 0. The molecule has 0 unspecified atom stereocenters. The number of carbonyl (C=O) groups excluding carboxylic acids is 1. The van der Waals surface area contributed by atoms with Crippen molar-refractivity contribution in [1.29, 1.82) is 0 Å². The monoisotopic (exact) mass is 539 g/mol. The van der Waals surface area contributed by atoms with Gasteiger partial charge in [-0.2, -0.15) is 13.2 Å². The quantitative estimate of drug-likeness (QED) is 0.261. The number of nitrogens with one attached hydrogen (secondary N) is 2. The van der Waals surface area contributed by atoms with Crippen molar-refractivity contribution < 1.29 is 31.7 Å². The number of hydrogen-bond donors (Lipinski definition) is 2. The summed E-state index contributed by atoms with van der Waals surface area (Å²) in [6.07, 6.45) is -4.43. The summed E-state index contributed by atoms with van der Waals surface area (Å²) in [6, 6.07) is -3.37. The molecule has 5 aromatic rings. The van der Waals surface area contributed by atoms with Gasteiger partial charge in [0.2, 0.25) is 5.95 Å². The van der Waals surface area contributed by atoms with E-state index in [0.29, 0.717) is 10.1 Å². The zero-order valence-corrected chi connectivity index (χ0v) is 20.1. The van der Waals surface area contributed by atoms with Crippen LogP contribution in [-0.4, -0.2) is 30.4 Å². The van der Waals surface area contributed by atoms with Crippen LogP contribution in [0.1, 0.15) is 40.9 Å². The van der Waals surface area contributed by atoms with E-state index in [0.717, 1.165) is 0 Å². The number of benzene rings is 2. The van der Waals surface area contributed by atoms with Crippen LogP contribution >= 0.6 is 0 Å². The molecule has 1 amide bonds. The fourth-order valence-electron chi connectivity index (χ4n) is 3.20. The van der Waals surface area contributed by atoms with Crippen molar-refractivity contribution in [2.75, 3.05) is 10.6 Å². The Morgan fingerprint density at radius 2 is 1.92 bits per heavy atom. The first-order valence-corrected chi connectivity index (χ1v) is 11.0. The van der Waals surface area contributed by atoms with E-state index in [1.54, 1.807) is 12.1 Å². The van der Waals surface area contributed by atoms with Gasteiger partial charge in [-0.05, 0) is 67.8 Å². The highest BCUT2D eigenvalue weighted by atomic mass is 19.4. The number of rotatable bonds is 6. The number of aromatic nitrogens is 5. The number of hydrogen-bond acceptors (Lipinski definition) is 6. The van der Waals surface area contributed by atoms with Crippen LogP contribution in [0.2, 0.25) is 0 Å². The van der Waals surface area contributed by atoms with Crippen molar-refractivity contribution in [3.05, 3.63) is 108 Å². The van der Waals surface area contributed by atoms with Gasteiger partial charge in [-0.1, -0.05) is 6.04 Å². The van der Waals surface area contributed by atoms with Crippen molar-refractivity contribution in [1.82, 2.24) is 24.5 Å². The Morgan fingerprint density at radius 1 is 1.08 bits per heavy atom. The standard InChI is InChI=1S/C28H22F3N7O/c1-17-5-6-19(10-25(17)37-27-33-9-7-24(36-27)20-4-3-8-32-14-20)26(39)35-22-11-21(28(29,30)31)12-23(13-22)38-15-18(2)34-16-38/h3-16H,1-2H3,(H,35,39)(H,33,36,37)/i5D,6D,7D,9D,10D,11D,12D,13D,15D,16D. The second-order valence-electron chi connectivity index (χ2n) is 7.92. The van der Waals surface area contributed by atoms with Crippen LogP contribution in [0.5, 0.6) is 0 Å². The van der Waals surface area contributed by atoms with Gasteiger partial charge in [-0.15, -0.1) is 0 Å². The van der Waals surface area contributed by atoms with Gasteiger partial charge in [-0.25, -0.2) is 15.0 Å². The fourth-order valence-corrected chi connectivity index (χ4v) is 3.20. The topological polar surface area (TPSA) is 97.6 Å². The molecule has 196 valence electrons. The van der Waals surface area contributed by atoms with Crippen LogP contribution in [-0.2, 0) is 6.18 Å². The average molecular weight is 540 g/mol. The summed E-state index contributed by atoms with van der Waals surface area (Å²) in [4.78, 5) is 29.4. The lowest BCUT2D eigenvalue weighted by Crippen LogP contribution is -2.14. The first kappa shape index (κ1) is 16.0. The Bertz CT molecular complexity index is 2180. The summed E-state index contributed by atoms with van der Waals surface area (Å²) in [6.45, 7) is 2.60. The number of amides is 1. The lowest BCUT2D eigenvalue weighted by molar-refractivity contribution is -0.137. The molecule has 5 rings (SSSR count). The largest absolute Gasteiger partial charge is 0.416 e. The molecule has 0 spiro atoms. The van der Waals surface area contributed by atoms with Crippen LogP contribution in [0.25, 0.3) is 16.9 Å². The van der Waals surface area contributed by atoms with Crippen LogP contribution in [0.15, 0.2) is 85.5 Å². The maximum Gasteiger partial charge on any atom is 0.416 e. The van der Waals surface area contributed by atoms with Crippen LogP contribution < -0.4 is 10.6 Å². The molecule has 3 heterocycles. The Morgan fingerprint density at radius 3 is 2.64 bits per heavy atom. The van der Waals surface area contributed by atoms with E-state index in [-0.39, 0.29) is 34.6 Å². The van der Waals surface area contributed by atoms with Crippen molar-refractivity contribution >= 4 is 23.2 Å². The normalized spacial score (nSPS) is 14.9. The minimum atomic E-state index is -5.37. The third-order valence-corrected chi connectivity index (χ3v) is 5.03. The van der Waals surface area contributed by atoms with Crippen molar-refractivity contribution in [2.45, 2.75) is 20.0 Å². The van der Waals surface area contributed by atoms with E-state index in [9.17, 15) is 18.0 Å². The molecular weight excluding hydrogens is 507 g/mol. The lowest BCUT2D eigenvalue weighted by Gasteiger charge is -2.14. The van der Waals surface area contributed by atoms with Crippen LogP contribution in [0.3, 0.4) is 0 Å². The maximum atomic E-state index is 14.2. The zero-order chi connectivity index (χ0) is 36.3. The summed E-state index contributed by atoms with van der Waals surface area (Å²) >= 11 is 0. The molecule has 2 aromatic carbocycles. The fraction of sp³-hybridized carbons (Fsp3) is 0.107. The number of aryl methyl sites for hydroxylation is 1. The SMILES string of the molecule is [2H]c1nc(Nc2c([2H])c(C(=O)Nc3c([2H])c(-n4c([2H])nc(C)c4[2H])c([2H])c(C(F)(F)F)c3[2H])c([2H])c([2H])c2C)nc(-c2cccnc2)c1[2H]. The Labute approximate surface area is 235 Å². The number of alkyl halides is 3. The van der Waals surface area contributed by atoms with Gasteiger partial charge in [0, 0.05) is 52.9 Å². The van der Waals surface area contributed by atoms with E-state index >= 15 is 0 Å². The van der Waals surface area contributed by atoms with Gasteiger partial charge in [0.1, 0.15) is 1.37 Å². The predicted molar refractivity (Wildman–Crippen MR) is 141 cm³/mol. The van der Waals surface area contributed by atoms with E-state index in [2.05, 4.69) is 25.3 Å². The third kappa shape index (κ3) is 5.93. The molecule has 2 N–H and O–H groups in total. The Balaban J connectivity index is 1.65. The molecule has 3 aromatic heterocycles. The van der Waals surface area contributed by atoms with Crippen molar-refractivity contribution in [2.24, 2.45) is 0 Å². The molecule has 0 aliphatic carbocycles. The number of nitrogens with zero attached hydrogens (tertiary/aromatic N) is 5. The molecule has 39 heavy (non-hydrogen) atoms. The van der Waals surface area contributed by atoms with Crippen molar-refractivity contribution in [3.8, 4) is 16.9 Å². The van der Waals surface area contributed by atoms with Crippen LogP contribution in [0.4, 0.5) is 30.5 Å². The van der Waals surface area contributed by atoms with Gasteiger partial charge in [0.15, 0.2) is 0 Å². The lowest BCUT2D eigenvalue weighted by atomic mass is 10.1. The molecule has 8 nitrogen and oxygen atoms in total. The number of imidazole rings is 1. The predicted octanol–water partition coefficient (Wildman–Crippen LogP) is 6.36. The molecule has 0 bridgehead atoms. The van der Waals surface area contributed by atoms with E-state index in [1.807, 2.05) is 5.32 Å². The summed E-state index contributed by atoms with van der Waals surface area (Å²) in [5.41, 5.74) is -4.96.